The molecule has 164 valence electrons. The largest absolute Gasteiger partial charge is 0.497 e. The molecular weight excluding hydrogens is 423 g/mol. The normalized spacial score (nSPS) is 17.6. The first-order chi connectivity index (χ1) is 15.3. The molecule has 0 saturated heterocycles. The lowest BCUT2D eigenvalue weighted by Gasteiger charge is -2.34. The molecule has 0 unspecified atom stereocenters. The quantitative estimate of drug-likeness (QED) is 0.614. The maximum atomic E-state index is 13.8. The summed E-state index contributed by atoms with van der Waals surface area (Å²) in [5, 5.41) is 18.4. The van der Waals surface area contributed by atoms with Gasteiger partial charge in [-0.25, -0.2) is 4.68 Å². The molecule has 32 heavy (non-hydrogen) atoms. The van der Waals surface area contributed by atoms with Crippen molar-refractivity contribution in [1.29, 1.82) is 5.26 Å². The van der Waals surface area contributed by atoms with Gasteiger partial charge in [-0.05, 0) is 42.0 Å². The van der Waals surface area contributed by atoms with E-state index in [1.807, 2.05) is 6.07 Å². The van der Waals surface area contributed by atoms with Crippen molar-refractivity contribution in [3.05, 3.63) is 71.4 Å². The number of anilines is 2. The van der Waals surface area contributed by atoms with E-state index in [4.69, 9.17) is 10.00 Å². The predicted molar refractivity (Wildman–Crippen MR) is 110 cm³/mol. The summed E-state index contributed by atoms with van der Waals surface area (Å²) in [6.45, 7) is 0. The first kappa shape index (κ1) is 21.2. The van der Waals surface area contributed by atoms with Gasteiger partial charge in [-0.15, -0.1) is 0 Å². The van der Waals surface area contributed by atoms with Crippen LogP contribution >= 0.6 is 0 Å². The topological polar surface area (TPSA) is 92.0 Å². The Kier molecular flexibility index (Phi) is 5.48. The number of nitrogens with one attached hydrogen (secondary N) is 2. The monoisotopic (exact) mass is 441 g/mol. The third-order valence-electron chi connectivity index (χ3n) is 5.25. The maximum absolute atomic E-state index is 13.8. The number of halogens is 3. The molecule has 1 aliphatic heterocycles. The van der Waals surface area contributed by atoms with Crippen molar-refractivity contribution in [3.8, 4) is 11.8 Å². The highest BCUT2D eigenvalue weighted by atomic mass is 19.4. The minimum absolute atomic E-state index is 0.0162. The van der Waals surface area contributed by atoms with Gasteiger partial charge in [0.1, 0.15) is 17.1 Å². The molecule has 1 aliphatic rings. The summed E-state index contributed by atoms with van der Waals surface area (Å²) < 4.78 is 47.5. The molecule has 0 bridgehead atoms. The Morgan fingerprint density at radius 1 is 1.28 bits per heavy atom. The number of hydrogen-bond acceptors (Lipinski definition) is 5. The lowest BCUT2D eigenvalue weighted by Crippen LogP contribution is -2.36. The van der Waals surface area contributed by atoms with Crippen molar-refractivity contribution in [3.63, 3.8) is 0 Å². The highest BCUT2D eigenvalue weighted by Gasteiger charge is 2.47. The van der Waals surface area contributed by atoms with E-state index in [1.165, 1.54) is 31.4 Å². The number of nitrogens with zero attached hydrogens (tertiary/aromatic N) is 3. The van der Waals surface area contributed by atoms with Gasteiger partial charge in [0.05, 0.1) is 31.0 Å². The van der Waals surface area contributed by atoms with E-state index in [0.29, 0.717) is 22.6 Å². The molecule has 1 amide bonds. The molecule has 0 fully saturated rings. The summed E-state index contributed by atoms with van der Waals surface area (Å²) in [5.74, 6) is -0.112. The van der Waals surface area contributed by atoms with Crippen LogP contribution in [0.4, 0.5) is 24.7 Å². The van der Waals surface area contributed by atoms with Crippen LogP contribution in [-0.2, 0) is 0 Å². The molecule has 0 saturated carbocycles. The number of fused-ring (bicyclic) bond motifs is 1. The van der Waals surface area contributed by atoms with Gasteiger partial charge < -0.3 is 15.4 Å². The number of amides is 1. The van der Waals surface area contributed by atoms with Crippen molar-refractivity contribution < 1.29 is 22.7 Å². The molecule has 4 rings (SSSR count). The van der Waals surface area contributed by atoms with Crippen LogP contribution in [0.3, 0.4) is 0 Å². The number of hydrogen-bond donors (Lipinski definition) is 2. The second kappa shape index (κ2) is 8.26. The minimum Gasteiger partial charge on any atom is -0.497 e. The van der Waals surface area contributed by atoms with E-state index in [1.54, 1.807) is 24.3 Å². The van der Waals surface area contributed by atoms with Gasteiger partial charge in [0.25, 0.3) is 5.91 Å². The Bertz CT molecular complexity index is 1180. The molecule has 0 radical (unpaired) electrons. The van der Waals surface area contributed by atoms with Crippen molar-refractivity contribution in [2.45, 2.75) is 24.7 Å². The van der Waals surface area contributed by atoms with Crippen LogP contribution in [0.2, 0.25) is 0 Å². The van der Waals surface area contributed by atoms with Crippen LogP contribution in [0, 0.1) is 11.3 Å². The summed E-state index contributed by atoms with van der Waals surface area (Å²) in [4.78, 5) is 12.8. The van der Waals surface area contributed by atoms with Crippen LogP contribution in [0.1, 0.15) is 40.0 Å². The molecule has 2 N–H and O–H groups in total. The Labute approximate surface area is 181 Å². The number of ether oxygens (including phenoxy) is 1. The van der Waals surface area contributed by atoms with Crippen LogP contribution < -0.4 is 15.4 Å². The van der Waals surface area contributed by atoms with Crippen LogP contribution in [0.5, 0.6) is 5.75 Å². The first-order valence-electron chi connectivity index (χ1n) is 9.66. The summed E-state index contributed by atoms with van der Waals surface area (Å²) in [6, 6.07) is 12.3. The number of aromatic nitrogens is 2. The van der Waals surface area contributed by atoms with Crippen LogP contribution in [-0.4, -0.2) is 29.0 Å². The number of benzene rings is 2. The Hall–Kier alpha value is -4.00. The molecule has 2 aromatic carbocycles. The fourth-order valence-corrected chi connectivity index (χ4v) is 3.63. The molecule has 2 heterocycles. The molecule has 0 spiro atoms. The molecule has 3 aromatic rings. The average molecular weight is 441 g/mol. The zero-order valence-corrected chi connectivity index (χ0v) is 16.8. The molecular formula is C22H18F3N5O2. The van der Waals surface area contributed by atoms with Crippen molar-refractivity contribution >= 4 is 17.4 Å². The number of nitriles is 1. The van der Waals surface area contributed by atoms with Crippen molar-refractivity contribution in [2.75, 3.05) is 17.7 Å². The lowest BCUT2D eigenvalue weighted by atomic mass is 9.96. The van der Waals surface area contributed by atoms with Gasteiger partial charge in [-0.2, -0.15) is 23.5 Å². The average Bonchev–Trinajstić information content (AvgIpc) is 3.22. The fraction of sp³-hybridized carbons (Fsp3) is 0.227. The van der Waals surface area contributed by atoms with Crippen molar-refractivity contribution in [2.24, 2.45) is 0 Å². The molecule has 7 nitrogen and oxygen atoms in total. The third-order valence-corrected chi connectivity index (χ3v) is 5.25. The SMILES string of the molecule is COc1cccc([C@H]2C[C@@H](C(F)(F)F)n3ncc(C(=O)Nc4ccc(C#N)cc4)c3N2)c1. The second-order valence-corrected chi connectivity index (χ2v) is 7.26. The van der Waals surface area contributed by atoms with Gasteiger partial charge in [-0.3, -0.25) is 4.79 Å². The number of methoxy groups -OCH3 is 1. The van der Waals surface area contributed by atoms with E-state index in [2.05, 4.69) is 15.7 Å². The van der Waals surface area contributed by atoms with Gasteiger partial charge in [0.15, 0.2) is 6.04 Å². The molecule has 2 atom stereocenters. The fourth-order valence-electron chi connectivity index (χ4n) is 3.63. The number of carbonyl (C=O) groups excluding carboxylic acids is 1. The lowest BCUT2D eigenvalue weighted by molar-refractivity contribution is -0.173. The van der Waals surface area contributed by atoms with E-state index >= 15 is 0 Å². The predicted octanol–water partition coefficient (Wildman–Crippen LogP) is 4.68. The summed E-state index contributed by atoms with van der Waals surface area (Å²) >= 11 is 0. The maximum Gasteiger partial charge on any atom is 0.410 e. The molecule has 1 aromatic heterocycles. The minimum atomic E-state index is -4.55. The summed E-state index contributed by atoms with van der Waals surface area (Å²) in [5.41, 5.74) is 1.41. The first-order valence-corrected chi connectivity index (χ1v) is 9.66. The number of alkyl halides is 3. The third kappa shape index (κ3) is 4.09. The Morgan fingerprint density at radius 3 is 2.69 bits per heavy atom. The van der Waals surface area contributed by atoms with Crippen LogP contribution in [0.15, 0.2) is 54.7 Å². The van der Waals surface area contributed by atoms with E-state index < -0.39 is 24.2 Å². The number of carbonyl (C=O) groups is 1. The van der Waals surface area contributed by atoms with Crippen LogP contribution in [0.25, 0.3) is 0 Å². The van der Waals surface area contributed by atoms with Gasteiger partial charge >= 0.3 is 6.18 Å². The van der Waals surface area contributed by atoms with Gasteiger partial charge in [0.2, 0.25) is 0 Å². The highest BCUT2D eigenvalue weighted by molar-refractivity contribution is 6.07. The van der Waals surface area contributed by atoms with E-state index in [9.17, 15) is 18.0 Å². The standard InChI is InChI=1S/C22H18F3N5O2/c1-32-16-4-2-3-14(9-16)18-10-19(22(23,24)25)30-20(29-18)17(12-27-30)21(31)28-15-7-5-13(11-26)6-8-15/h2-9,12,18-19,29H,10H2,1H3,(H,28,31)/t18-,19+/m1/s1. The zero-order valence-electron chi connectivity index (χ0n) is 16.8. The van der Waals surface area contributed by atoms with Gasteiger partial charge in [-0.1, -0.05) is 12.1 Å². The van der Waals surface area contributed by atoms with Gasteiger partial charge in [0, 0.05) is 12.1 Å². The zero-order chi connectivity index (χ0) is 22.9. The summed E-state index contributed by atoms with van der Waals surface area (Å²) in [7, 11) is 1.48. The Morgan fingerprint density at radius 2 is 2.03 bits per heavy atom. The Balaban J connectivity index is 1.67. The molecule has 0 aliphatic carbocycles. The van der Waals surface area contributed by atoms with E-state index in [-0.39, 0.29) is 17.8 Å². The smallest absolute Gasteiger partial charge is 0.410 e. The van der Waals surface area contributed by atoms with E-state index in [0.717, 1.165) is 10.9 Å². The summed E-state index contributed by atoms with van der Waals surface area (Å²) in [6.07, 6.45) is -3.73. The molecule has 10 heteroatoms. The highest BCUT2D eigenvalue weighted by Crippen LogP contribution is 2.44. The second-order valence-electron chi connectivity index (χ2n) is 7.26. The van der Waals surface area contributed by atoms with Crippen molar-refractivity contribution in [1.82, 2.24) is 9.78 Å². The number of rotatable bonds is 4.